The molecule has 2 amide bonds. The second-order valence-corrected chi connectivity index (χ2v) is 6.24. The fourth-order valence-corrected chi connectivity index (χ4v) is 3.09. The molecule has 0 saturated carbocycles. The molecular formula is C17H27N3O3. The minimum Gasteiger partial charge on any atom is -0.472 e. The van der Waals surface area contributed by atoms with E-state index >= 15 is 0 Å². The molecule has 0 radical (unpaired) electrons. The third-order valence-electron chi connectivity index (χ3n) is 5.11. The van der Waals surface area contributed by atoms with E-state index in [1.807, 2.05) is 18.7 Å². The maximum absolute atomic E-state index is 12.5. The minimum atomic E-state index is -0.469. The minimum absolute atomic E-state index is 0.0121. The maximum atomic E-state index is 12.5. The average molecular weight is 321 g/mol. The lowest BCUT2D eigenvalue weighted by molar-refractivity contribution is -0.132. The van der Waals surface area contributed by atoms with E-state index in [0.717, 1.165) is 25.7 Å². The number of hydrogen-bond acceptors (Lipinski definition) is 4. The summed E-state index contributed by atoms with van der Waals surface area (Å²) in [5, 5.41) is 3.13. The molecule has 6 nitrogen and oxygen atoms in total. The Labute approximate surface area is 137 Å². The van der Waals surface area contributed by atoms with Crippen molar-refractivity contribution in [3.8, 4) is 0 Å². The van der Waals surface area contributed by atoms with Crippen LogP contribution in [0.1, 0.15) is 49.9 Å². The molecule has 23 heavy (non-hydrogen) atoms. The van der Waals surface area contributed by atoms with E-state index in [1.165, 1.54) is 12.5 Å². The zero-order valence-corrected chi connectivity index (χ0v) is 14.0. The van der Waals surface area contributed by atoms with Crippen molar-refractivity contribution in [2.45, 2.75) is 45.6 Å². The highest BCUT2D eigenvalue weighted by Gasteiger charge is 2.35. The molecule has 6 heteroatoms. The summed E-state index contributed by atoms with van der Waals surface area (Å²) in [5.41, 5.74) is 5.94. The van der Waals surface area contributed by atoms with Gasteiger partial charge >= 0.3 is 0 Å². The third-order valence-corrected chi connectivity index (χ3v) is 5.11. The van der Waals surface area contributed by atoms with Crippen molar-refractivity contribution in [1.29, 1.82) is 0 Å². The lowest BCUT2D eigenvalue weighted by Crippen LogP contribution is -2.52. The van der Waals surface area contributed by atoms with Gasteiger partial charge in [-0.2, -0.15) is 0 Å². The lowest BCUT2D eigenvalue weighted by atomic mass is 9.81. The van der Waals surface area contributed by atoms with Crippen LogP contribution in [0.4, 0.5) is 0 Å². The molecule has 1 fully saturated rings. The summed E-state index contributed by atoms with van der Waals surface area (Å²) in [6.07, 6.45) is 5.98. The Morgan fingerprint density at radius 1 is 1.35 bits per heavy atom. The lowest BCUT2D eigenvalue weighted by Gasteiger charge is -2.35. The first kappa shape index (κ1) is 17.5. The number of nitrogens with one attached hydrogen (secondary N) is 1. The molecule has 1 aromatic heterocycles. The first-order chi connectivity index (χ1) is 11.1. The average Bonchev–Trinajstić information content (AvgIpc) is 3.11. The van der Waals surface area contributed by atoms with Crippen molar-refractivity contribution in [2.24, 2.45) is 11.1 Å². The number of carbonyl (C=O) groups excluding carboxylic acids is 2. The van der Waals surface area contributed by atoms with Gasteiger partial charge in [0.05, 0.1) is 17.2 Å². The fourth-order valence-electron chi connectivity index (χ4n) is 3.09. The predicted octanol–water partition coefficient (Wildman–Crippen LogP) is 1.77. The van der Waals surface area contributed by atoms with Crippen molar-refractivity contribution in [2.75, 3.05) is 19.6 Å². The Morgan fingerprint density at radius 3 is 2.48 bits per heavy atom. The molecule has 1 saturated heterocycles. The van der Waals surface area contributed by atoms with Gasteiger partial charge in [-0.1, -0.05) is 13.8 Å². The zero-order chi connectivity index (χ0) is 16.9. The number of nitrogens with two attached hydrogens (primary N) is 1. The molecule has 1 aliphatic rings. The van der Waals surface area contributed by atoms with Crippen LogP contribution in [0.2, 0.25) is 0 Å². The van der Waals surface area contributed by atoms with Gasteiger partial charge < -0.3 is 20.4 Å². The predicted molar refractivity (Wildman–Crippen MR) is 87.8 cm³/mol. The smallest absolute Gasteiger partial charge is 0.257 e. The summed E-state index contributed by atoms with van der Waals surface area (Å²) in [4.78, 5) is 26.6. The van der Waals surface area contributed by atoms with Gasteiger partial charge in [0, 0.05) is 25.7 Å². The van der Waals surface area contributed by atoms with Crippen LogP contribution < -0.4 is 11.1 Å². The number of rotatable bonds is 6. The molecule has 2 rings (SSSR count). The Bertz CT molecular complexity index is 507. The van der Waals surface area contributed by atoms with E-state index in [2.05, 4.69) is 5.32 Å². The standard InChI is InChI=1S/C17H27N3O3/c1-3-17(4-2,12-18)16(22)19-14-5-8-20(9-6-14)15(21)13-7-10-23-11-13/h7,10-11,14H,3-6,8-9,12,18H2,1-2H3,(H,19,22). The first-order valence-corrected chi connectivity index (χ1v) is 8.38. The second kappa shape index (κ2) is 7.64. The Kier molecular flexibility index (Phi) is 5.82. The quantitative estimate of drug-likeness (QED) is 0.835. The van der Waals surface area contributed by atoms with Crippen LogP contribution in [0.3, 0.4) is 0 Å². The molecule has 1 aromatic rings. The van der Waals surface area contributed by atoms with Crippen molar-refractivity contribution in [3.63, 3.8) is 0 Å². The highest BCUT2D eigenvalue weighted by atomic mass is 16.3. The normalized spacial score (nSPS) is 16.4. The van der Waals surface area contributed by atoms with E-state index < -0.39 is 5.41 Å². The van der Waals surface area contributed by atoms with Crippen LogP contribution in [0.5, 0.6) is 0 Å². The Hall–Kier alpha value is -1.82. The number of amides is 2. The van der Waals surface area contributed by atoms with Crippen molar-refractivity contribution >= 4 is 11.8 Å². The fraction of sp³-hybridized carbons (Fsp3) is 0.647. The topological polar surface area (TPSA) is 88.6 Å². The summed E-state index contributed by atoms with van der Waals surface area (Å²) in [6.45, 7) is 5.65. The number of nitrogens with zero attached hydrogens (tertiary/aromatic N) is 1. The molecule has 0 aliphatic carbocycles. The zero-order valence-electron chi connectivity index (χ0n) is 14.0. The van der Waals surface area contributed by atoms with Gasteiger partial charge in [-0.3, -0.25) is 9.59 Å². The van der Waals surface area contributed by atoms with Crippen molar-refractivity contribution in [3.05, 3.63) is 24.2 Å². The van der Waals surface area contributed by atoms with E-state index in [9.17, 15) is 9.59 Å². The number of furan rings is 1. The van der Waals surface area contributed by atoms with E-state index in [1.54, 1.807) is 6.07 Å². The van der Waals surface area contributed by atoms with E-state index in [0.29, 0.717) is 25.2 Å². The molecule has 1 aliphatic heterocycles. The Balaban J connectivity index is 1.87. The highest BCUT2D eigenvalue weighted by molar-refractivity contribution is 5.93. The monoisotopic (exact) mass is 321 g/mol. The van der Waals surface area contributed by atoms with Crippen LogP contribution in [0.25, 0.3) is 0 Å². The summed E-state index contributed by atoms with van der Waals surface area (Å²) in [5.74, 6) is 0.0339. The van der Waals surface area contributed by atoms with Crippen LogP contribution in [-0.2, 0) is 4.79 Å². The Morgan fingerprint density at radius 2 is 2.00 bits per heavy atom. The molecular weight excluding hydrogens is 294 g/mol. The van der Waals surface area contributed by atoms with E-state index in [-0.39, 0.29) is 17.9 Å². The van der Waals surface area contributed by atoms with Crippen LogP contribution >= 0.6 is 0 Å². The van der Waals surface area contributed by atoms with Gasteiger partial charge in [-0.25, -0.2) is 0 Å². The molecule has 0 unspecified atom stereocenters. The van der Waals surface area contributed by atoms with Gasteiger partial charge in [0.1, 0.15) is 6.26 Å². The molecule has 0 aromatic carbocycles. The first-order valence-electron chi connectivity index (χ1n) is 8.38. The van der Waals surface area contributed by atoms with Gasteiger partial charge in [0.15, 0.2) is 0 Å². The van der Waals surface area contributed by atoms with Gasteiger partial charge in [-0.15, -0.1) is 0 Å². The molecule has 0 atom stereocenters. The van der Waals surface area contributed by atoms with E-state index in [4.69, 9.17) is 10.2 Å². The maximum Gasteiger partial charge on any atom is 0.257 e. The summed E-state index contributed by atoms with van der Waals surface area (Å²) in [6, 6.07) is 1.79. The van der Waals surface area contributed by atoms with Crippen LogP contribution in [0.15, 0.2) is 23.0 Å². The second-order valence-electron chi connectivity index (χ2n) is 6.24. The number of carbonyl (C=O) groups is 2. The molecule has 3 N–H and O–H groups in total. The third kappa shape index (κ3) is 3.75. The van der Waals surface area contributed by atoms with Crippen LogP contribution in [-0.4, -0.2) is 42.4 Å². The number of hydrogen-bond donors (Lipinski definition) is 2. The van der Waals surface area contributed by atoms with Gasteiger partial charge in [0.2, 0.25) is 5.91 Å². The molecule has 0 bridgehead atoms. The molecule has 0 spiro atoms. The van der Waals surface area contributed by atoms with Gasteiger partial charge in [-0.05, 0) is 31.7 Å². The van der Waals surface area contributed by atoms with Crippen molar-refractivity contribution < 1.29 is 14.0 Å². The number of piperidine rings is 1. The van der Waals surface area contributed by atoms with Crippen molar-refractivity contribution in [1.82, 2.24) is 10.2 Å². The summed E-state index contributed by atoms with van der Waals surface area (Å²) >= 11 is 0. The van der Waals surface area contributed by atoms with Gasteiger partial charge in [0.25, 0.3) is 5.91 Å². The number of likely N-dealkylation sites (tertiary alicyclic amines) is 1. The summed E-state index contributed by atoms with van der Waals surface area (Å²) < 4.78 is 4.96. The molecule has 2 heterocycles. The summed E-state index contributed by atoms with van der Waals surface area (Å²) in [7, 11) is 0. The highest BCUT2D eigenvalue weighted by Crippen LogP contribution is 2.26. The van der Waals surface area contributed by atoms with Crippen LogP contribution in [0, 0.1) is 5.41 Å². The SMILES string of the molecule is CCC(CC)(CN)C(=O)NC1CCN(C(=O)c2ccoc2)CC1. The molecule has 128 valence electrons. The largest absolute Gasteiger partial charge is 0.472 e.